The summed E-state index contributed by atoms with van der Waals surface area (Å²) >= 11 is 0. The number of ether oxygens (including phenoxy) is 2. The topological polar surface area (TPSA) is 35.5 Å². The Balaban J connectivity index is 2.23. The minimum atomic E-state index is -0.425. The first-order valence-corrected chi connectivity index (χ1v) is 6.13. The number of rotatable bonds is 8. The molecular weight excluding hydrogens is 228 g/mol. The fraction of sp³-hybridized carbons (Fsp3) is 0.400. The van der Waals surface area contributed by atoms with Crippen molar-refractivity contribution in [1.29, 1.82) is 0 Å². The van der Waals surface area contributed by atoms with Gasteiger partial charge in [-0.3, -0.25) is 4.79 Å². The van der Waals surface area contributed by atoms with Crippen LogP contribution in [-0.2, 0) is 9.53 Å². The van der Waals surface area contributed by atoms with E-state index in [0.717, 1.165) is 12.2 Å². The van der Waals surface area contributed by atoms with Crippen molar-refractivity contribution < 1.29 is 14.3 Å². The summed E-state index contributed by atoms with van der Waals surface area (Å²) < 4.78 is 11.1. The van der Waals surface area contributed by atoms with E-state index in [2.05, 4.69) is 6.58 Å². The van der Waals surface area contributed by atoms with Crippen LogP contribution in [0.5, 0.6) is 5.75 Å². The highest BCUT2D eigenvalue weighted by Gasteiger charge is 2.10. The molecule has 3 nitrogen and oxygen atoms in total. The van der Waals surface area contributed by atoms with Crippen molar-refractivity contribution in [2.45, 2.75) is 32.5 Å². The van der Waals surface area contributed by atoms with Crippen LogP contribution in [0.2, 0.25) is 0 Å². The Morgan fingerprint density at radius 3 is 2.61 bits per heavy atom. The van der Waals surface area contributed by atoms with E-state index in [1.807, 2.05) is 37.3 Å². The van der Waals surface area contributed by atoms with Crippen LogP contribution in [0.1, 0.15) is 20.3 Å². The van der Waals surface area contributed by atoms with Crippen molar-refractivity contribution in [1.82, 2.24) is 0 Å². The minimum absolute atomic E-state index is 0.0541. The van der Waals surface area contributed by atoms with Crippen LogP contribution in [-0.4, -0.2) is 24.6 Å². The van der Waals surface area contributed by atoms with Crippen molar-refractivity contribution in [3.05, 3.63) is 43.0 Å². The SMILES string of the molecule is C=CC(=O)C(C)OCCC(C)Oc1ccccc1. The highest BCUT2D eigenvalue weighted by atomic mass is 16.5. The zero-order valence-corrected chi connectivity index (χ0v) is 11.0. The van der Waals surface area contributed by atoms with E-state index < -0.39 is 6.10 Å². The van der Waals surface area contributed by atoms with E-state index in [9.17, 15) is 4.79 Å². The van der Waals surface area contributed by atoms with Gasteiger partial charge in [-0.2, -0.15) is 0 Å². The summed E-state index contributed by atoms with van der Waals surface area (Å²) in [6.45, 7) is 7.63. The second kappa shape index (κ2) is 7.67. The molecule has 0 amide bonds. The molecule has 18 heavy (non-hydrogen) atoms. The molecule has 0 aromatic heterocycles. The van der Waals surface area contributed by atoms with E-state index in [0.29, 0.717) is 6.61 Å². The lowest BCUT2D eigenvalue weighted by molar-refractivity contribution is -0.124. The van der Waals surface area contributed by atoms with Gasteiger partial charge < -0.3 is 9.47 Å². The van der Waals surface area contributed by atoms with Gasteiger partial charge in [-0.15, -0.1) is 0 Å². The van der Waals surface area contributed by atoms with Crippen LogP contribution < -0.4 is 4.74 Å². The summed E-state index contributed by atoms with van der Waals surface area (Å²) in [6, 6.07) is 9.65. The molecule has 98 valence electrons. The highest BCUT2D eigenvalue weighted by Crippen LogP contribution is 2.12. The molecule has 0 radical (unpaired) electrons. The molecule has 0 spiro atoms. The van der Waals surface area contributed by atoms with Crippen LogP contribution in [0.25, 0.3) is 0 Å². The van der Waals surface area contributed by atoms with Gasteiger partial charge in [0.15, 0.2) is 5.78 Å². The van der Waals surface area contributed by atoms with Gasteiger partial charge in [0.2, 0.25) is 0 Å². The van der Waals surface area contributed by atoms with Gasteiger partial charge in [-0.05, 0) is 32.1 Å². The van der Waals surface area contributed by atoms with Gasteiger partial charge in [-0.1, -0.05) is 24.8 Å². The summed E-state index contributed by atoms with van der Waals surface area (Å²) in [4.78, 5) is 11.2. The van der Waals surface area contributed by atoms with E-state index >= 15 is 0 Å². The molecule has 1 aromatic carbocycles. The van der Waals surface area contributed by atoms with Crippen LogP contribution in [0, 0.1) is 0 Å². The Labute approximate surface area is 108 Å². The van der Waals surface area contributed by atoms with Crippen molar-refractivity contribution in [3.8, 4) is 5.75 Å². The van der Waals surface area contributed by atoms with Gasteiger partial charge >= 0.3 is 0 Å². The van der Waals surface area contributed by atoms with Gasteiger partial charge in [-0.25, -0.2) is 0 Å². The molecule has 0 N–H and O–H groups in total. The smallest absolute Gasteiger partial charge is 0.183 e. The summed E-state index contributed by atoms with van der Waals surface area (Å²) in [5.41, 5.74) is 0. The summed E-state index contributed by atoms with van der Waals surface area (Å²) in [6.07, 6.45) is 1.66. The maximum Gasteiger partial charge on any atom is 0.183 e. The molecule has 0 aliphatic rings. The number of hydrogen-bond donors (Lipinski definition) is 0. The molecule has 0 saturated heterocycles. The second-order valence-corrected chi connectivity index (χ2v) is 4.15. The molecule has 0 fully saturated rings. The van der Waals surface area contributed by atoms with Crippen molar-refractivity contribution in [2.24, 2.45) is 0 Å². The standard InChI is InChI=1S/C15H20O3/c1-4-15(16)13(3)17-11-10-12(2)18-14-8-6-5-7-9-14/h4-9,12-13H,1,10-11H2,2-3H3. The zero-order chi connectivity index (χ0) is 13.4. The first-order valence-electron chi connectivity index (χ1n) is 6.13. The molecule has 1 aromatic rings. The fourth-order valence-corrected chi connectivity index (χ4v) is 1.45. The Bertz CT molecular complexity index is 373. The highest BCUT2D eigenvalue weighted by molar-refractivity contribution is 5.92. The van der Waals surface area contributed by atoms with Crippen LogP contribution >= 0.6 is 0 Å². The van der Waals surface area contributed by atoms with E-state index in [1.165, 1.54) is 6.08 Å². The molecule has 0 heterocycles. The van der Waals surface area contributed by atoms with Crippen molar-refractivity contribution >= 4 is 5.78 Å². The molecule has 3 heteroatoms. The Kier molecular flexibility index (Phi) is 6.15. The first kappa shape index (κ1) is 14.5. The Morgan fingerprint density at radius 1 is 1.33 bits per heavy atom. The zero-order valence-electron chi connectivity index (χ0n) is 11.0. The molecule has 0 aliphatic carbocycles. The van der Waals surface area contributed by atoms with Gasteiger partial charge in [0.05, 0.1) is 12.7 Å². The lowest BCUT2D eigenvalue weighted by atomic mass is 10.2. The monoisotopic (exact) mass is 248 g/mol. The Morgan fingerprint density at radius 2 is 2.00 bits per heavy atom. The molecule has 1 rings (SSSR count). The van der Waals surface area contributed by atoms with Gasteiger partial charge in [0.25, 0.3) is 0 Å². The quantitative estimate of drug-likeness (QED) is 0.663. The van der Waals surface area contributed by atoms with Gasteiger partial charge in [0, 0.05) is 6.42 Å². The third kappa shape index (κ3) is 5.15. The van der Waals surface area contributed by atoms with Crippen LogP contribution in [0.15, 0.2) is 43.0 Å². The summed E-state index contributed by atoms with van der Waals surface area (Å²) in [5.74, 6) is 0.756. The largest absolute Gasteiger partial charge is 0.491 e. The molecular formula is C15H20O3. The normalized spacial score (nSPS) is 13.7. The fourth-order valence-electron chi connectivity index (χ4n) is 1.45. The number of hydrogen-bond acceptors (Lipinski definition) is 3. The number of para-hydroxylation sites is 1. The van der Waals surface area contributed by atoms with Crippen molar-refractivity contribution in [2.75, 3.05) is 6.61 Å². The third-order valence-electron chi connectivity index (χ3n) is 2.57. The van der Waals surface area contributed by atoms with Crippen molar-refractivity contribution in [3.63, 3.8) is 0 Å². The molecule has 0 saturated carbocycles. The molecule has 0 aliphatic heterocycles. The maximum atomic E-state index is 11.2. The third-order valence-corrected chi connectivity index (χ3v) is 2.57. The number of benzene rings is 1. The molecule has 2 unspecified atom stereocenters. The number of carbonyl (C=O) groups is 1. The summed E-state index contributed by atoms with van der Waals surface area (Å²) in [5, 5.41) is 0. The number of carbonyl (C=O) groups excluding carboxylic acids is 1. The average Bonchev–Trinajstić information content (AvgIpc) is 2.38. The first-order chi connectivity index (χ1) is 8.63. The summed E-state index contributed by atoms with van der Waals surface area (Å²) in [7, 11) is 0. The van der Waals surface area contributed by atoms with E-state index in [4.69, 9.17) is 9.47 Å². The predicted octanol–water partition coefficient (Wildman–Crippen LogP) is 3.00. The molecule has 2 atom stereocenters. The van der Waals surface area contributed by atoms with Gasteiger partial charge in [0.1, 0.15) is 11.9 Å². The predicted molar refractivity (Wildman–Crippen MR) is 71.8 cm³/mol. The second-order valence-electron chi connectivity index (χ2n) is 4.15. The maximum absolute atomic E-state index is 11.2. The minimum Gasteiger partial charge on any atom is -0.491 e. The number of ketones is 1. The Hall–Kier alpha value is -1.61. The van der Waals surface area contributed by atoms with E-state index in [-0.39, 0.29) is 11.9 Å². The van der Waals surface area contributed by atoms with Crippen LogP contribution in [0.4, 0.5) is 0 Å². The molecule has 0 bridgehead atoms. The lowest BCUT2D eigenvalue weighted by Crippen LogP contribution is -2.22. The lowest BCUT2D eigenvalue weighted by Gasteiger charge is -2.16. The van der Waals surface area contributed by atoms with E-state index in [1.54, 1.807) is 6.92 Å². The average molecular weight is 248 g/mol. The van der Waals surface area contributed by atoms with Crippen LogP contribution in [0.3, 0.4) is 0 Å².